The van der Waals surface area contributed by atoms with Gasteiger partial charge in [0.2, 0.25) is 0 Å². The Morgan fingerprint density at radius 3 is 2.79 bits per heavy atom. The Hall–Kier alpha value is -1.18. The molecule has 0 amide bonds. The molecule has 0 heterocycles. The number of benzene rings is 1. The fourth-order valence-electron chi connectivity index (χ4n) is 1.23. The van der Waals surface area contributed by atoms with E-state index in [2.05, 4.69) is 32.2 Å². The first kappa shape index (κ1) is 10.9. The third kappa shape index (κ3) is 3.69. The minimum atomic E-state index is 0.455. The van der Waals surface area contributed by atoms with Gasteiger partial charge in [-0.25, -0.2) is 0 Å². The first-order chi connectivity index (χ1) is 6.72. The lowest BCUT2D eigenvalue weighted by atomic mass is 10.2. The SMILES string of the molecule is CCCOc1cccc(NC(C)C)c1. The van der Waals surface area contributed by atoms with Crippen LogP contribution in [0.4, 0.5) is 5.69 Å². The van der Waals surface area contributed by atoms with E-state index >= 15 is 0 Å². The third-order valence-electron chi connectivity index (χ3n) is 1.76. The highest BCUT2D eigenvalue weighted by Crippen LogP contribution is 2.17. The summed E-state index contributed by atoms with van der Waals surface area (Å²) in [5.41, 5.74) is 1.12. The van der Waals surface area contributed by atoms with Crippen LogP contribution in [0, 0.1) is 0 Å². The Labute approximate surface area is 86.3 Å². The summed E-state index contributed by atoms with van der Waals surface area (Å²) in [6, 6.07) is 8.54. The van der Waals surface area contributed by atoms with Gasteiger partial charge in [0.1, 0.15) is 5.75 Å². The van der Waals surface area contributed by atoms with Gasteiger partial charge in [-0.05, 0) is 32.4 Å². The molecular weight excluding hydrogens is 174 g/mol. The molecule has 78 valence electrons. The van der Waals surface area contributed by atoms with Crippen molar-refractivity contribution in [3.63, 3.8) is 0 Å². The van der Waals surface area contributed by atoms with Crippen LogP contribution in [0.25, 0.3) is 0 Å². The molecule has 1 aromatic rings. The van der Waals surface area contributed by atoms with Crippen molar-refractivity contribution in [1.82, 2.24) is 0 Å². The molecule has 0 aromatic heterocycles. The standard InChI is InChI=1S/C12H19NO/c1-4-8-14-12-7-5-6-11(9-12)13-10(2)3/h5-7,9-10,13H,4,8H2,1-3H3. The van der Waals surface area contributed by atoms with Crippen LogP contribution in [0.5, 0.6) is 5.75 Å². The van der Waals surface area contributed by atoms with Crippen molar-refractivity contribution >= 4 is 5.69 Å². The summed E-state index contributed by atoms with van der Waals surface area (Å²) in [7, 11) is 0. The summed E-state index contributed by atoms with van der Waals surface area (Å²) in [4.78, 5) is 0. The van der Waals surface area contributed by atoms with Gasteiger partial charge in [0, 0.05) is 17.8 Å². The molecule has 0 atom stereocenters. The Balaban J connectivity index is 2.59. The van der Waals surface area contributed by atoms with Crippen LogP contribution in [0.15, 0.2) is 24.3 Å². The van der Waals surface area contributed by atoms with Crippen molar-refractivity contribution in [1.29, 1.82) is 0 Å². The minimum Gasteiger partial charge on any atom is -0.494 e. The lowest BCUT2D eigenvalue weighted by molar-refractivity contribution is 0.317. The van der Waals surface area contributed by atoms with Gasteiger partial charge in [-0.1, -0.05) is 13.0 Å². The number of nitrogens with one attached hydrogen (secondary N) is 1. The van der Waals surface area contributed by atoms with Crippen LogP contribution >= 0.6 is 0 Å². The Morgan fingerprint density at radius 1 is 1.36 bits per heavy atom. The second-order valence-corrected chi connectivity index (χ2v) is 3.68. The lowest BCUT2D eigenvalue weighted by Crippen LogP contribution is -2.09. The van der Waals surface area contributed by atoms with Gasteiger partial charge in [-0.15, -0.1) is 0 Å². The van der Waals surface area contributed by atoms with E-state index in [0.29, 0.717) is 6.04 Å². The van der Waals surface area contributed by atoms with Gasteiger partial charge in [-0.3, -0.25) is 0 Å². The number of ether oxygens (including phenoxy) is 1. The molecule has 2 nitrogen and oxygen atoms in total. The quantitative estimate of drug-likeness (QED) is 0.774. The van der Waals surface area contributed by atoms with Crippen molar-refractivity contribution in [2.75, 3.05) is 11.9 Å². The van der Waals surface area contributed by atoms with Crippen molar-refractivity contribution in [3.05, 3.63) is 24.3 Å². The van der Waals surface area contributed by atoms with Crippen LogP contribution in [0.2, 0.25) is 0 Å². The van der Waals surface area contributed by atoms with Crippen LogP contribution < -0.4 is 10.1 Å². The van der Waals surface area contributed by atoms with E-state index in [-0.39, 0.29) is 0 Å². The molecule has 0 radical (unpaired) electrons. The van der Waals surface area contributed by atoms with Crippen molar-refractivity contribution < 1.29 is 4.74 Å². The first-order valence-corrected chi connectivity index (χ1v) is 5.21. The molecule has 1 N–H and O–H groups in total. The topological polar surface area (TPSA) is 21.3 Å². The summed E-state index contributed by atoms with van der Waals surface area (Å²) >= 11 is 0. The van der Waals surface area contributed by atoms with E-state index in [1.54, 1.807) is 0 Å². The molecule has 0 unspecified atom stereocenters. The van der Waals surface area contributed by atoms with Gasteiger partial charge in [0.15, 0.2) is 0 Å². The molecular formula is C12H19NO. The largest absolute Gasteiger partial charge is 0.494 e. The van der Waals surface area contributed by atoms with Gasteiger partial charge < -0.3 is 10.1 Å². The zero-order valence-corrected chi connectivity index (χ0v) is 9.21. The van der Waals surface area contributed by atoms with E-state index in [1.807, 2.05) is 18.2 Å². The predicted octanol–water partition coefficient (Wildman–Crippen LogP) is 3.30. The van der Waals surface area contributed by atoms with E-state index in [4.69, 9.17) is 4.74 Å². The lowest BCUT2D eigenvalue weighted by Gasteiger charge is -2.11. The molecule has 1 aromatic carbocycles. The highest BCUT2D eigenvalue weighted by molar-refractivity contribution is 5.48. The third-order valence-corrected chi connectivity index (χ3v) is 1.76. The first-order valence-electron chi connectivity index (χ1n) is 5.21. The smallest absolute Gasteiger partial charge is 0.121 e. The summed E-state index contributed by atoms with van der Waals surface area (Å²) in [6.45, 7) is 7.14. The van der Waals surface area contributed by atoms with Crippen LogP contribution in [-0.2, 0) is 0 Å². The van der Waals surface area contributed by atoms with E-state index in [0.717, 1.165) is 24.5 Å². The van der Waals surface area contributed by atoms with E-state index in [1.165, 1.54) is 0 Å². The summed E-state index contributed by atoms with van der Waals surface area (Å²) < 4.78 is 5.54. The number of hydrogen-bond acceptors (Lipinski definition) is 2. The van der Waals surface area contributed by atoms with Crippen molar-refractivity contribution in [2.24, 2.45) is 0 Å². The average molecular weight is 193 g/mol. The second-order valence-electron chi connectivity index (χ2n) is 3.68. The zero-order valence-electron chi connectivity index (χ0n) is 9.21. The highest BCUT2D eigenvalue weighted by Gasteiger charge is 1.97. The summed E-state index contributed by atoms with van der Waals surface area (Å²) in [5.74, 6) is 0.942. The number of hydrogen-bond donors (Lipinski definition) is 1. The molecule has 2 heteroatoms. The summed E-state index contributed by atoms with van der Waals surface area (Å²) in [6.07, 6.45) is 1.04. The number of anilines is 1. The maximum atomic E-state index is 5.54. The normalized spacial score (nSPS) is 10.3. The Kier molecular flexibility index (Phi) is 4.30. The molecule has 0 fully saturated rings. The molecule has 0 saturated heterocycles. The maximum Gasteiger partial charge on any atom is 0.121 e. The van der Waals surface area contributed by atoms with E-state index < -0.39 is 0 Å². The van der Waals surface area contributed by atoms with Crippen molar-refractivity contribution in [3.8, 4) is 5.75 Å². The predicted molar refractivity (Wildman–Crippen MR) is 61.0 cm³/mol. The minimum absolute atomic E-state index is 0.455. The monoisotopic (exact) mass is 193 g/mol. The molecule has 0 saturated carbocycles. The second kappa shape index (κ2) is 5.53. The van der Waals surface area contributed by atoms with Crippen LogP contribution in [0.1, 0.15) is 27.2 Å². The molecule has 0 aliphatic carbocycles. The van der Waals surface area contributed by atoms with E-state index in [9.17, 15) is 0 Å². The van der Waals surface area contributed by atoms with Crippen LogP contribution in [-0.4, -0.2) is 12.6 Å². The van der Waals surface area contributed by atoms with Gasteiger partial charge >= 0.3 is 0 Å². The van der Waals surface area contributed by atoms with Gasteiger partial charge in [-0.2, -0.15) is 0 Å². The molecule has 0 bridgehead atoms. The maximum absolute atomic E-state index is 5.54. The molecule has 1 rings (SSSR count). The fourth-order valence-corrected chi connectivity index (χ4v) is 1.23. The highest BCUT2D eigenvalue weighted by atomic mass is 16.5. The Bertz CT molecular complexity index is 271. The van der Waals surface area contributed by atoms with Gasteiger partial charge in [0.05, 0.1) is 6.61 Å². The zero-order chi connectivity index (χ0) is 10.4. The van der Waals surface area contributed by atoms with Gasteiger partial charge in [0.25, 0.3) is 0 Å². The molecule has 0 spiro atoms. The molecule has 0 aliphatic rings. The fraction of sp³-hybridized carbons (Fsp3) is 0.500. The number of rotatable bonds is 5. The average Bonchev–Trinajstić information content (AvgIpc) is 2.14. The Morgan fingerprint density at radius 2 is 2.14 bits per heavy atom. The van der Waals surface area contributed by atoms with Crippen LogP contribution in [0.3, 0.4) is 0 Å². The summed E-state index contributed by atoms with van der Waals surface area (Å²) in [5, 5.41) is 3.34. The van der Waals surface area contributed by atoms with Crippen molar-refractivity contribution in [2.45, 2.75) is 33.2 Å². The molecule has 0 aliphatic heterocycles. The molecule has 14 heavy (non-hydrogen) atoms.